The molecule has 0 aromatic heterocycles. The summed E-state index contributed by atoms with van der Waals surface area (Å²) >= 11 is 19.1. The molecule has 2 rings (SSSR count). The Kier molecular flexibility index (Phi) is 8.65. The summed E-state index contributed by atoms with van der Waals surface area (Å²) in [6.45, 7) is 0.746. The van der Waals surface area contributed by atoms with Crippen molar-refractivity contribution in [2.45, 2.75) is 5.75 Å². The first-order valence-corrected chi connectivity index (χ1v) is 10.1. The van der Waals surface area contributed by atoms with Gasteiger partial charge in [0.25, 0.3) is 0 Å². The SMILES string of the molecule is COc1ccc(NC(=S)NCCSCc2ccc(Cl)c(Cl)c2)c(OC)c1. The van der Waals surface area contributed by atoms with Crippen LogP contribution in [0.4, 0.5) is 5.69 Å². The Labute approximate surface area is 173 Å². The van der Waals surface area contributed by atoms with E-state index in [1.165, 1.54) is 0 Å². The van der Waals surface area contributed by atoms with Gasteiger partial charge in [-0.25, -0.2) is 0 Å². The standard InChI is InChI=1S/C18H20Cl2N2O2S2/c1-23-13-4-6-16(17(10-13)24-2)22-18(25)21-7-8-26-11-12-3-5-14(19)15(20)9-12/h3-6,9-10H,7-8,11H2,1-2H3,(H2,21,22,25). The van der Waals surface area contributed by atoms with Gasteiger partial charge in [-0.05, 0) is 42.0 Å². The van der Waals surface area contributed by atoms with Crippen LogP contribution in [0, 0.1) is 0 Å². The molecule has 0 spiro atoms. The smallest absolute Gasteiger partial charge is 0.170 e. The third kappa shape index (κ3) is 6.43. The molecular weight excluding hydrogens is 411 g/mol. The van der Waals surface area contributed by atoms with Crippen LogP contribution in [0.1, 0.15) is 5.56 Å². The summed E-state index contributed by atoms with van der Waals surface area (Å²) in [4.78, 5) is 0. The molecule has 0 bridgehead atoms. The zero-order chi connectivity index (χ0) is 18.9. The van der Waals surface area contributed by atoms with Gasteiger partial charge < -0.3 is 20.1 Å². The van der Waals surface area contributed by atoms with Gasteiger partial charge in [-0.1, -0.05) is 29.3 Å². The molecule has 0 heterocycles. The Hall–Kier alpha value is -1.34. The van der Waals surface area contributed by atoms with E-state index in [9.17, 15) is 0 Å². The molecule has 4 nitrogen and oxygen atoms in total. The van der Waals surface area contributed by atoms with E-state index in [1.54, 1.807) is 32.0 Å². The number of nitrogens with one attached hydrogen (secondary N) is 2. The number of anilines is 1. The van der Waals surface area contributed by atoms with Crippen LogP contribution in [-0.2, 0) is 5.75 Å². The summed E-state index contributed by atoms with van der Waals surface area (Å²) in [6, 6.07) is 11.2. The lowest BCUT2D eigenvalue weighted by Crippen LogP contribution is -2.30. The van der Waals surface area contributed by atoms with Crippen LogP contribution < -0.4 is 20.1 Å². The lowest BCUT2D eigenvalue weighted by atomic mass is 10.2. The summed E-state index contributed by atoms with van der Waals surface area (Å²) in [7, 11) is 3.22. The molecule has 140 valence electrons. The van der Waals surface area contributed by atoms with Crippen molar-refractivity contribution in [3.05, 3.63) is 52.0 Å². The Balaban J connectivity index is 1.73. The van der Waals surface area contributed by atoms with Gasteiger partial charge >= 0.3 is 0 Å². The highest BCUT2D eigenvalue weighted by Crippen LogP contribution is 2.29. The Bertz CT molecular complexity index is 760. The van der Waals surface area contributed by atoms with Gasteiger partial charge in [-0.3, -0.25) is 0 Å². The second-order valence-electron chi connectivity index (χ2n) is 5.25. The largest absolute Gasteiger partial charge is 0.497 e. The van der Waals surface area contributed by atoms with Crippen molar-refractivity contribution in [3.63, 3.8) is 0 Å². The van der Waals surface area contributed by atoms with E-state index in [-0.39, 0.29) is 0 Å². The molecule has 0 aliphatic rings. The van der Waals surface area contributed by atoms with Crippen molar-refractivity contribution in [2.75, 3.05) is 31.8 Å². The predicted molar refractivity (Wildman–Crippen MR) is 116 cm³/mol. The molecule has 8 heteroatoms. The third-order valence-corrected chi connectivity index (χ3v) is 5.46. The molecule has 26 heavy (non-hydrogen) atoms. The van der Waals surface area contributed by atoms with Crippen molar-refractivity contribution >= 4 is 58.0 Å². The van der Waals surface area contributed by atoms with Crippen LogP contribution in [0.2, 0.25) is 10.0 Å². The fraction of sp³-hybridized carbons (Fsp3) is 0.278. The number of methoxy groups -OCH3 is 2. The maximum Gasteiger partial charge on any atom is 0.170 e. The summed E-state index contributed by atoms with van der Waals surface area (Å²) in [5.74, 6) is 3.17. The van der Waals surface area contributed by atoms with E-state index in [0.29, 0.717) is 20.9 Å². The van der Waals surface area contributed by atoms with Gasteiger partial charge in [-0.15, -0.1) is 0 Å². The number of thioether (sulfide) groups is 1. The minimum absolute atomic E-state index is 0.545. The van der Waals surface area contributed by atoms with E-state index in [2.05, 4.69) is 10.6 Å². The normalized spacial score (nSPS) is 10.3. The highest BCUT2D eigenvalue weighted by Gasteiger charge is 2.06. The summed E-state index contributed by atoms with van der Waals surface area (Å²) in [6.07, 6.45) is 0. The molecule has 0 saturated heterocycles. The lowest BCUT2D eigenvalue weighted by molar-refractivity contribution is 0.395. The average Bonchev–Trinajstić information content (AvgIpc) is 2.64. The fourth-order valence-electron chi connectivity index (χ4n) is 2.12. The maximum atomic E-state index is 6.02. The second-order valence-corrected chi connectivity index (χ2v) is 7.58. The minimum Gasteiger partial charge on any atom is -0.497 e. The quantitative estimate of drug-likeness (QED) is 0.441. The number of hydrogen-bond acceptors (Lipinski definition) is 4. The minimum atomic E-state index is 0.545. The Morgan fingerprint density at radius 1 is 1.08 bits per heavy atom. The average molecular weight is 431 g/mol. The second kappa shape index (κ2) is 10.7. The van der Waals surface area contributed by atoms with Crippen molar-refractivity contribution in [1.29, 1.82) is 0 Å². The van der Waals surface area contributed by atoms with E-state index in [0.717, 1.165) is 35.1 Å². The number of thiocarbonyl (C=S) groups is 1. The van der Waals surface area contributed by atoms with Gasteiger partial charge in [0.05, 0.1) is 30.0 Å². The third-order valence-electron chi connectivity index (χ3n) is 3.44. The fourth-order valence-corrected chi connectivity index (χ4v) is 3.46. The number of ether oxygens (including phenoxy) is 2. The highest BCUT2D eigenvalue weighted by molar-refractivity contribution is 7.98. The molecule has 0 aliphatic heterocycles. The van der Waals surface area contributed by atoms with E-state index >= 15 is 0 Å². The van der Waals surface area contributed by atoms with Gasteiger partial charge in [-0.2, -0.15) is 11.8 Å². The van der Waals surface area contributed by atoms with E-state index in [1.807, 2.05) is 30.3 Å². The summed E-state index contributed by atoms with van der Waals surface area (Å²) < 4.78 is 10.5. The van der Waals surface area contributed by atoms with Gasteiger partial charge in [0, 0.05) is 24.1 Å². The van der Waals surface area contributed by atoms with Crippen molar-refractivity contribution in [2.24, 2.45) is 0 Å². The Morgan fingerprint density at radius 3 is 2.58 bits per heavy atom. The van der Waals surface area contributed by atoms with Crippen LogP contribution in [0.15, 0.2) is 36.4 Å². The van der Waals surface area contributed by atoms with Gasteiger partial charge in [0.15, 0.2) is 5.11 Å². The van der Waals surface area contributed by atoms with Crippen molar-refractivity contribution in [3.8, 4) is 11.5 Å². The van der Waals surface area contributed by atoms with Crippen LogP contribution in [-0.4, -0.2) is 31.6 Å². The van der Waals surface area contributed by atoms with Crippen molar-refractivity contribution in [1.82, 2.24) is 5.32 Å². The highest BCUT2D eigenvalue weighted by atomic mass is 35.5. The number of rotatable bonds is 8. The first-order valence-electron chi connectivity index (χ1n) is 7.82. The van der Waals surface area contributed by atoms with Gasteiger partial charge in [0.2, 0.25) is 0 Å². The summed E-state index contributed by atoms with van der Waals surface area (Å²) in [5, 5.41) is 8.02. The lowest BCUT2D eigenvalue weighted by Gasteiger charge is -2.14. The van der Waals surface area contributed by atoms with Crippen LogP contribution in [0.5, 0.6) is 11.5 Å². The molecule has 0 fully saturated rings. The first-order chi connectivity index (χ1) is 12.5. The molecule has 0 radical (unpaired) electrons. The molecule has 2 aromatic rings. The van der Waals surface area contributed by atoms with Crippen LogP contribution >= 0.6 is 47.2 Å². The number of benzene rings is 2. The Morgan fingerprint density at radius 2 is 1.88 bits per heavy atom. The number of hydrogen-bond donors (Lipinski definition) is 2. The van der Waals surface area contributed by atoms with Crippen molar-refractivity contribution < 1.29 is 9.47 Å². The monoisotopic (exact) mass is 430 g/mol. The summed E-state index contributed by atoms with van der Waals surface area (Å²) in [5.41, 5.74) is 1.93. The molecule has 2 N–H and O–H groups in total. The topological polar surface area (TPSA) is 42.5 Å². The zero-order valence-corrected chi connectivity index (χ0v) is 17.6. The number of halogens is 2. The maximum absolute atomic E-state index is 6.02. The molecular formula is C18H20Cl2N2O2S2. The first kappa shape index (κ1) is 21.0. The van der Waals surface area contributed by atoms with Crippen LogP contribution in [0.3, 0.4) is 0 Å². The molecule has 0 unspecified atom stereocenters. The molecule has 0 aliphatic carbocycles. The molecule has 0 atom stereocenters. The van der Waals surface area contributed by atoms with E-state index in [4.69, 9.17) is 44.9 Å². The molecule has 2 aromatic carbocycles. The zero-order valence-electron chi connectivity index (χ0n) is 14.5. The molecule has 0 amide bonds. The van der Waals surface area contributed by atoms with Crippen LogP contribution in [0.25, 0.3) is 0 Å². The predicted octanol–water partition coefficient (Wildman–Crippen LogP) is 5.23. The van der Waals surface area contributed by atoms with E-state index < -0.39 is 0 Å². The molecule has 0 saturated carbocycles. The van der Waals surface area contributed by atoms with Gasteiger partial charge in [0.1, 0.15) is 11.5 Å².